The SMILES string of the molecule is COc1cccc2c1nc(C(C)Cl)n2CC1(C(C)C)CC1. The molecular formula is C17H23ClN2O. The van der Waals surface area contributed by atoms with Gasteiger partial charge in [0.25, 0.3) is 0 Å². The van der Waals surface area contributed by atoms with Gasteiger partial charge in [0, 0.05) is 6.54 Å². The second kappa shape index (κ2) is 5.20. The lowest BCUT2D eigenvalue weighted by Crippen LogP contribution is -2.19. The molecule has 0 N–H and O–H groups in total. The Bertz CT molecular complexity index is 656. The number of hydrogen-bond acceptors (Lipinski definition) is 2. The third kappa shape index (κ3) is 2.42. The summed E-state index contributed by atoms with van der Waals surface area (Å²) in [6.07, 6.45) is 2.59. The van der Waals surface area contributed by atoms with E-state index >= 15 is 0 Å². The molecule has 0 amide bonds. The van der Waals surface area contributed by atoms with Crippen molar-refractivity contribution in [2.24, 2.45) is 11.3 Å². The second-order valence-electron chi connectivity index (χ2n) is 6.52. The molecule has 0 aliphatic heterocycles. The van der Waals surface area contributed by atoms with Crippen molar-refractivity contribution in [2.45, 2.75) is 45.5 Å². The molecule has 1 heterocycles. The van der Waals surface area contributed by atoms with Crippen LogP contribution in [0.25, 0.3) is 11.0 Å². The van der Waals surface area contributed by atoms with Crippen molar-refractivity contribution in [3.05, 3.63) is 24.0 Å². The fourth-order valence-electron chi connectivity index (χ4n) is 3.17. The maximum Gasteiger partial charge on any atom is 0.146 e. The Balaban J connectivity index is 2.13. The highest BCUT2D eigenvalue weighted by atomic mass is 35.5. The minimum atomic E-state index is -0.106. The highest BCUT2D eigenvalue weighted by Gasteiger charge is 2.46. The molecule has 4 heteroatoms. The van der Waals surface area contributed by atoms with Gasteiger partial charge >= 0.3 is 0 Å². The Hall–Kier alpha value is -1.22. The fourth-order valence-corrected chi connectivity index (χ4v) is 3.33. The average Bonchev–Trinajstić information content (AvgIpc) is 3.14. The number of hydrogen-bond donors (Lipinski definition) is 0. The second-order valence-corrected chi connectivity index (χ2v) is 7.17. The predicted molar refractivity (Wildman–Crippen MR) is 87.1 cm³/mol. The Morgan fingerprint density at radius 1 is 1.33 bits per heavy atom. The molecule has 1 aliphatic rings. The molecule has 2 aromatic rings. The molecule has 21 heavy (non-hydrogen) atoms. The highest BCUT2D eigenvalue weighted by molar-refractivity contribution is 6.20. The van der Waals surface area contributed by atoms with Crippen LogP contribution in [-0.4, -0.2) is 16.7 Å². The number of halogens is 1. The van der Waals surface area contributed by atoms with Crippen LogP contribution < -0.4 is 4.74 Å². The Kier molecular flexibility index (Phi) is 3.64. The van der Waals surface area contributed by atoms with Gasteiger partial charge in [-0.3, -0.25) is 0 Å². The molecule has 0 spiro atoms. The number of methoxy groups -OCH3 is 1. The maximum atomic E-state index is 6.38. The van der Waals surface area contributed by atoms with Crippen molar-refractivity contribution in [2.75, 3.05) is 7.11 Å². The third-order valence-corrected chi connectivity index (χ3v) is 5.13. The van der Waals surface area contributed by atoms with E-state index < -0.39 is 0 Å². The normalized spacial score (nSPS) is 18.2. The lowest BCUT2D eigenvalue weighted by molar-refractivity contribution is 0.308. The van der Waals surface area contributed by atoms with Gasteiger partial charge in [-0.25, -0.2) is 4.98 Å². The molecule has 1 aromatic heterocycles. The van der Waals surface area contributed by atoms with E-state index in [-0.39, 0.29) is 5.38 Å². The minimum Gasteiger partial charge on any atom is -0.494 e. The summed E-state index contributed by atoms with van der Waals surface area (Å²) in [6, 6.07) is 6.10. The molecule has 0 radical (unpaired) electrons. The maximum absolute atomic E-state index is 6.38. The number of benzene rings is 1. The van der Waals surface area contributed by atoms with Gasteiger partial charge in [0.2, 0.25) is 0 Å². The van der Waals surface area contributed by atoms with Crippen molar-refractivity contribution < 1.29 is 4.74 Å². The molecule has 1 saturated carbocycles. The van der Waals surface area contributed by atoms with Crippen molar-refractivity contribution >= 4 is 22.6 Å². The van der Waals surface area contributed by atoms with E-state index in [1.54, 1.807) is 7.11 Å². The van der Waals surface area contributed by atoms with Gasteiger partial charge in [0.1, 0.15) is 17.1 Å². The Morgan fingerprint density at radius 2 is 2.05 bits per heavy atom. The summed E-state index contributed by atoms with van der Waals surface area (Å²) in [7, 11) is 1.69. The molecule has 3 nitrogen and oxygen atoms in total. The molecule has 1 fully saturated rings. The van der Waals surface area contributed by atoms with Crippen LogP contribution >= 0.6 is 11.6 Å². The summed E-state index contributed by atoms with van der Waals surface area (Å²) in [5, 5.41) is -0.106. The lowest BCUT2D eigenvalue weighted by Gasteiger charge is -2.22. The van der Waals surface area contributed by atoms with Crippen molar-refractivity contribution in [1.29, 1.82) is 0 Å². The van der Waals surface area contributed by atoms with Gasteiger partial charge in [0.05, 0.1) is 18.0 Å². The van der Waals surface area contributed by atoms with E-state index in [0.29, 0.717) is 11.3 Å². The van der Waals surface area contributed by atoms with Crippen LogP contribution in [0.4, 0.5) is 0 Å². The smallest absolute Gasteiger partial charge is 0.146 e. The molecule has 1 aromatic carbocycles. The van der Waals surface area contributed by atoms with Gasteiger partial charge in [0.15, 0.2) is 0 Å². The fraction of sp³-hybridized carbons (Fsp3) is 0.588. The number of para-hydroxylation sites is 1. The van der Waals surface area contributed by atoms with Gasteiger partial charge in [-0.05, 0) is 43.2 Å². The summed E-state index contributed by atoms with van der Waals surface area (Å²) >= 11 is 6.38. The first-order valence-electron chi connectivity index (χ1n) is 7.66. The molecule has 1 unspecified atom stereocenters. The van der Waals surface area contributed by atoms with E-state index in [2.05, 4.69) is 24.5 Å². The summed E-state index contributed by atoms with van der Waals surface area (Å²) in [6.45, 7) is 7.62. The van der Waals surface area contributed by atoms with E-state index in [0.717, 1.165) is 29.2 Å². The summed E-state index contributed by atoms with van der Waals surface area (Å²) in [5.41, 5.74) is 2.46. The van der Waals surface area contributed by atoms with Gasteiger partial charge in [-0.2, -0.15) is 0 Å². The number of ether oxygens (including phenoxy) is 1. The number of alkyl halides is 1. The Morgan fingerprint density at radius 3 is 2.57 bits per heavy atom. The minimum absolute atomic E-state index is 0.106. The zero-order valence-corrected chi connectivity index (χ0v) is 13.9. The van der Waals surface area contributed by atoms with Crippen LogP contribution in [0.3, 0.4) is 0 Å². The molecular weight excluding hydrogens is 284 g/mol. The van der Waals surface area contributed by atoms with E-state index in [4.69, 9.17) is 21.3 Å². The van der Waals surface area contributed by atoms with Crippen LogP contribution in [0.1, 0.15) is 44.8 Å². The molecule has 1 aliphatic carbocycles. The number of rotatable bonds is 5. The number of aromatic nitrogens is 2. The summed E-state index contributed by atoms with van der Waals surface area (Å²) in [4.78, 5) is 4.76. The standard InChI is InChI=1S/C17H23ClN2O/c1-11(2)17(8-9-17)10-20-13-6-5-7-14(21-4)15(13)19-16(20)12(3)18/h5-7,11-12H,8-10H2,1-4H3. The Labute approximate surface area is 131 Å². The van der Waals surface area contributed by atoms with E-state index in [9.17, 15) is 0 Å². The zero-order valence-electron chi connectivity index (χ0n) is 13.2. The number of nitrogens with zero attached hydrogens (tertiary/aromatic N) is 2. The average molecular weight is 307 g/mol. The summed E-state index contributed by atoms with van der Waals surface area (Å²) in [5.74, 6) is 2.45. The lowest BCUT2D eigenvalue weighted by atomic mass is 9.92. The van der Waals surface area contributed by atoms with Crippen molar-refractivity contribution in [1.82, 2.24) is 9.55 Å². The first-order chi connectivity index (χ1) is 9.98. The molecule has 1 atom stereocenters. The first-order valence-corrected chi connectivity index (χ1v) is 8.09. The monoisotopic (exact) mass is 306 g/mol. The van der Waals surface area contributed by atoms with Crippen LogP contribution in [0.2, 0.25) is 0 Å². The van der Waals surface area contributed by atoms with E-state index in [1.165, 1.54) is 12.8 Å². The largest absolute Gasteiger partial charge is 0.494 e. The predicted octanol–water partition coefficient (Wildman–Crippen LogP) is 4.78. The number of fused-ring (bicyclic) bond motifs is 1. The van der Waals surface area contributed by atoms with Gasteiger partial charge < -0.3 is 9.30 Å². The van der Waals surface area contributed by atoms with E-state index in [1.807, 2.05) is 19.1 Å². The molecule has 3 rings (SSSR count). The molecule has 0 bridgehead atoms. The third-order valence-electron chi connectivity index (χ3n) is 4.94. The van der Waals surface area contributed by atoms with Crippen LogP contribution in [0, 0.1) is 11.3 Å². The highest BCUT2D eigenvalue weighted by Crippen LogP contribution is 2.54. The van der Waals surface area contributed by atoms with Crippen molar-refractivity contribution in [3.8, 4) is 5.75 Å². The van der Waals surface area contributed by atoms with Crippen LogP contribution in [0.5, 0.6) is 5.75 Å². The van der Waals surface area contributed by atoms with Gasteiger partial charge in [-0.15, -0.1) is 11.6 Å². The quantitative estimate of drug-likeness (QED) is 0.743. The van der Waals surface area contributed by atoms with Crippen LogP contribution in [-0.2, 0) is 6.54 Å². The van der Waals surface area contributed by atoms with Crippen molar-refractivity contribution in [3.63, 3.8) is 0 Å². The first kappa shape index (κ1) is 14.7. The van der Waals surface area contributed by atoms with Gasteiger partial charge in [-0.1, -0.05) is 19.9 Å². The van der Waals surface area contributed by atoms with Crippen LogP contribution in [0.15, 0.2) is 18.2 Å². The molecule has 0 saturated heterocycles. The number of imidazole rings is 1. The molecule has 114 valence electrons. The zero-order chi connectivity index (χ0) is 15.2. The topological polar surface area (TPSA) is 27.1 Å². The summed E-state index contributed by atoms with van der Waals surface area (Å²) < 4.78 is 7.76.